The smallest absolute Gasteiger partial charge is 0.322 e. The van der Waals surface area contributed by atoms with E-state index < -0.39 is 5.97 Å². The van der Waals surface area contributed by atoms with Crippen LogP contribution in [0.3, 0.4) is 0 Å². The van der Waals surface area contributed by atoms with Crippen molar-refractivity contribution in [2.75, 3.05) is 26.1 Å². The lowest BCUT2D eigenvalue weighted by Crippen LogP contribution is -2.13. The minimum atomic E-state index is -0.927. The van der Waals surface area contributed by atoms with Crippen molar-refractivity contribution >= 4 is 11.7 Å². The summed E-state index contributed by atoms with van der Waals surface area (Å²) in [5.41, 5.74) is 1.64. The van der Waals surface area contributed by atoms with Crippen LogP contribution >= 0.6 is 0 Å². The molecule has 1 rings (SSSR count). The molecule has 0 aromatic heterocycles. The van der Waals surface area contributed by atoms with Crippen molar-refractivity contribution < 1.29 is 19.4 Å². The molecule has 0 spiro atoms. The standard InChI is InChI=1S/C13H19NO4/c1-8(2)9-5-12(18-4)10(6-11(9)17-3)14-7-13(15)16/h5-6,8,14H,7H2,1-4H3,(H,15,16). The molecule has 0 saturated heterocycles. The molecule has 100 valence electrons. The number of carbonyl (C=O) groups is 1. The van der Waals surface area contributed by atoms with Crippen LogP contribution < -0.4 is 14.8 Å². The lowest BCUT2D eigenvalue weighted by Gasteiger charge is -2.17. The SMILES string of the molecule is COc1cc(C(C)C)c(OC)cc1NCC(=O)O. The molecule has 0 heterocycles. The van der Waals surface area contributed by atoms with Crippen LogP contribution in [0.25, 0.3) is 0 Å². The molecule has 5 heteroatoms. The number of methoxy groups -OCH3 is 2. The third kappa shape index (κ3) is 3.29. The molecule has 0 atom stereocenters. The van der Waals surface area contributed by atoms with E-state index in [0.29, 0.717) is 17.4 Å². The minimum absolute atomic E-state index is 0.166. The Kier molecular flexibility index (Phi) is 4.83. The molecule has 0 aliphatic heterocycles. The molecule has 0 saturated carbocycles. The fourth-order valence-corrected chi connectivity index (χ4v) is 1.68. The van der Waals surface area contributed by atoms with Gasteiger partial charge in [0.2, 0.25) is 0 Å². The first-order valence-corrected chi connectivity index (χ1v) is 5.71. The van der Waals surface area contributed by atoms with Gasteiger partial charge in [-0.05, 0) is 12.0 Å². The van der Waals surface area contributed by atoms with Gasteiger partial charge in [-0.1, -0.05) is 13.8 Å². The lowest BCUT2D eigenvalue weighted by molar-refractivity contribution is -0.134. The van der Waals surface area contributed by atoms with Crippen LogP contribution in [0.1, 0.15) is 25.3 Å². The van der Waals surface area contributed by atoms with Gasteiger partial charge in [-0.2, -0.15) is 0 Å². The number of ether oxygens (including phenoxy) is 2. The van der Waals surface area contributed by atoms with Crippen LogP contribution in [0.4, 0.5) is 5.69 Å². The van der Waals surface area contributed by atoms with E-state index in [-0.39, 0.29) is 6.54 Å². The highest BCUT2D eigenvalue weighted by Gasteiger charge is 2.14. The zero-order valence-electron chi connectivity index (χ0n) is 11.1. The van der Waals surface area contributed by atoms with Gasteiger partial charge in [-0.15, -0.1) is 0 Å². The fraction of sp³-hybridized carbons (Fsp3) is 0.462. The fourth-order valence-electron chi connectivity index (χ4n) is 1.68. The van der Waals surface area contributed by atoms with Gasteiger partial charge in [0, 0.05) is 11.6 Å². The maximum Gasteiger partial charge on any atom is 0.322 e. The third-order valence-corrected chi connectivity index (χ3v) is 2.60. The second-order valence-corrected chi connectivity index (χ2v) is 4.20. The summed E-state index contributed by atoms with van der Waals surface area (Å²) in [6, 6.07) is 3.63. The molecular formula is C13H19NO4. The number of hydrogen-bond donors (Lipinski definition) is 2. The third-order valence-electron chi connectivity index (χ3n) is 2.60. The summed E-state index contributed by atoms with van der Waals surface area (Å²) in [4.78, 5) is 10.6. The summed E-state index contributed by atoms with van der Waals surface area (Å²) in [5.74, 6) is 0.700. The summed E-state index contributed by atoms with van der Waals surface area (Å²) >= 11 is 0. The van der Waals surface area contributed by atoms with Crippen molar-refractivity contribution in [3.05, 3.63) is 17.7 Å². The van der Waals surface area contributed by atoms with E-state index in [2.05, 4.69) is 19.2 Å². The van der Waals surface area contributed by atoms with Crippen LogP contribution in [-0.4, -0.2) is 31.8 Å². The molecule has 0 aliphatic rings. The van der Waals surface area contributed by atoms with Gasteiger partial charge in [0.05, 0.1) is 19.9 Å². The Labute approximate surface area is 107 Å². The number of rotatable bonds is 6. The Morgan fingerprint density at radius 2 is 1.89 bits per heavy atom. The van der Waals surface area contributed by atoms with E-state index in [4.69, 9.17) is 14.6 Å². The van der Waals surface area contributed by atoms with Gasteiger partial charge in [-0.3, -0.25) is 4.79 Å². The number of carboxylic acid groups (broad SMARTS) is 1. The van der Waals surface area contributed by atoms with E-state index in [1.165, 1.54) is 0 Å². The normalized spacial score (nSPS) is 10.3. The molecule has 0 unspecified atom stereocenters. The molecule has 0 fully saturated rings. The van der Waals surface area contributed by atoms with Gasteiger partial charge in [0.25, 0.3) is 0 Å². The molecule has 0 radical (unpaired) electrons. The van der Waals surface area contributed by atoms with Crippen molar-refractivity contribution in [1.82, 2.24) is 0 Å². The Bertz CT molecular complexity index is 429. The van der Waals surface area contributed by atoms with Gasteiger partial charge in [0.15, 0.2) is 0 Å². The molecule has 5 nitrogen and oxygen atoms in total. The first-order valence-electron chi connectivity index (χ1n) is 5.71. The van der Waals surface area contributed by atoms with Gasteiger partial charge in [-0.25, -0.2) is 0 Å². The number of benzene rings is 1. The maximum absolute atomic E-state index is 10.6. The zero-order valence-corrected chi connectivity index (χ0v) is 11.1. The van der Waals surface area contributed by atoms with Gasteiger partial charge < -0.3 is 19.9 Å². The molecule has 1 aromatic carbocycles. The van der Waals surface area contributed by atoms with E-state index >= 15 is 0 Å². The number of nitrogens with one attached hydrogen (secondary N) is 1. The van der Waals surface area contributed by atoms with Crippen molar-refractivity contribution in [3.63, 3.8) is 0 Å². The van der Waals surface area contributed by atoms with Crippen LogP contribution in [-0.2, 0) is 4.79 Å². The molecule has 0 amide bonds. The Morgan fingerprint density at radius 1 is 1.28 bits per heavy atom. The number of anilines is 1. The highest BCUT2D eigenvalue weighted by Crippen LogP contribution is 2.36. The Morgan fingerprint density at radius 3 is 2.33 bits per heavy atom. The molecule has 18 heavy (non-hydrogen) atoms. The largest absolute Gasteiger partial charge is 0.496 e. The van der Waals surface area contributed by atoms with E-state index in [1.54, 1.807) is 20.3 Å². The average molecular weight is 253 g/mol. The molecule has 1 aromatic rings. The van der Waals surface area contributed by atoms with E-state index in [1.807, 2.05) is 6.07 Å². The number of aliphatic carboxylic acids is 1. The molecule has 0 bridgehead atoms. The number of hydrogen-bond acceptors (Lipinski definition) is 4. The minimum Gasteiger partial charge on any atom is -0.496 e. The van der Waals surface area contributed by atoms with Crippen molar-refractivity contribution in [1.29, 1.82) is 0 Å². The van der Waals surface area contributed by atoms with E-state index in [0.717, 1.165) is 11.3 Å². The summed E-state index contributed by atoms with van der Waals surface area (Å²) in [5, 5.41) is 11.5. The van der Waals surface area contributed by atoms with Crippen LogP contribution in [0, 0.1) is 0 Å². The number of carboxylic acids is 1. The van der Waals surface area contributed by atoms with Crippen molar-refractivity contribution in [3.8, 4) is 11.5 Å². The van der Waals surface area contributed by atoms with Crippen LogP contribution in [0.5, 0.6) is 11.5 Å². The summed E-state index contributed by atoms with van der Waals surface area (Å²) < 4.78 is 10.6. The predicted molar refractivity (Wildman–Crippen MR) is 69.8 cm³/mol. The quantitative estimate of drug-likeness (QED) is 0.814. The summed E-state index contributed by atoms with van der Waals surface area (Å²) in [6.45, 7) is 3.95. The highest BCUT2D eigenvalue weighted by atomic mass is 16.5. The monoisotopic (exact) mass is 253 g/mol. The summed E-state index contributed by atoms with van der Waals surface area (Å²) in [7, 11) is 3.15. The first-order chi connectivity index (χ1) is 8.49. The molecule has 2 N–H and O–H groups in total. The first kappa shape index (κ1) is 14.2. The van der Waals surface area contributed by atoms with Crippen molar-refractivity contribution in [2.24, 2.45) is 0 Å². The lowest BCUT2D eigenvalue weighted by atomic mass is 10.0. The van der Waals surface area contributed by atoms with Gasteiger partial charge >= 0.3 is 5.97 Å². The predicted octanol–water partition coefficient (Wildman–Crippen LogP) is 2.32. The Hall–Kier alpha value is -1.91. The summed E-state index contributed by atoms with van der Waals surface area (Å²) in [6.07, 6.45) is 0. The van der Waals surface area contributed by atoms with Crippen molar-refractivity contribution in [2.45, 2.75) is 19.8 Å². The zero-order chi connectivity index (χ0) is 13.7. The average Bonchev–Trinajstić information content (AvgIpc) is 2.34. The molecule has 0 aliphatic carbocycles. The second kappa shape index (κ2) is 6.14. The topological polar surface area (TPSA) is 67.8 Å². The second-order valence-electron chi connectivity index (χ2n) is 4.20. The Balaban J connectivity index is 3.13. The van der Waals surface area contributed by atoms with E-state index in [9.17, 15) is 4.79 Å². The highest BCUT2D eigenvalue weighted by molar-refractivity contribution is 5.74. The molecular weight excluding hydrogens is 234 g/mol. The van der Waals surface area contributed by atoms with Crippen LogP contribution in [0.15, 0.2) is 12.1 Å². The maximum atomic E-state index is 10.6. The van der Waals surface area contributed by atoms with Gasteiger partial charge in [0.1, 0.15) is 18.0 Å². The van der Waals surface area contributed by atoms with Crippen LogP contribution in [0.2, 0.25) is 0 Å².